The van der Waals surface area contributed by atoms with Crippen LogP contribution >= 0.6 is 0 Å². The van der Waals surface area contributed by atoms with Crippen LogP contribution in [0.4, 0.5) is 34.1 Å². The van der Waals surface area contributed by atoms with Gasteiger partial charge in [-0.15, -0.1) is 0 Å². The summed E-state index contributed by atoms with van der Waals surface area (Å²) in [6.07, 6.45) is 0. The van der Waals surface area contributed by atoms with Crippen molar-refractivity contribution in [3.63, 3.8) is 0 Å². The second-order valence-corrected chi connectivity index (χ2v) is 13.3. The number of benzene rings is 8. The molecule has 0 atom stereocenters. The second-order valence-electron chi connectivity index (χ2n) is 13.3. The fourth-order valence-electron chi connectivity index (χ4n) is 8.32. The number of aromatic nitrogens is 1. The molecule has 244 valence electrons. The molecule has 0 radical (unpaired) electrons. The van der Waals surface area contributed by atoms with E-state index in [1.165, 1.54) is 38.5 Å². The zero-order chi connectivity index (χ0) is 34.2. The molecule has 9 aromatic rings. The molecule has 52 heavy (non-hydrogen) atoms. The van der Waals surface area contributed by atoms with Gasteiger partial charge in [0.05, 0.1) is 39.5 Å². The Bertz CT molecular complexity index is 2810. The van der Waals surface area contributed by atoms with E-state index in [1.54, 1.807) is 0 Å². The van der Waals surface area contributed by atoms with E-state index in [9.17, 15) is 0 Å². The summed E-state index contributed by atoms with van der Waals surface area (Å²) < 4.78 is 8.87. The third kappa shape index (κ3) is 4.15. The average Bonchev–Trinajstić information content (AvgIpc) is 3.54. The van der Waals surface area contributed by atoms with Crippen molar-refractivity contribution in [1.29, 1.82) is 0 Å². The zero-order valence-corrected chi connectivity index (χ0v) is 28.1. The lowest BCUT2D eigenvalue weighted by Gasteiger charge is -2.33. The molecule has 0 spiro atoms. The van der Waals surface area contributed by atoms with Crippen LogP contribution < -0.4 is 14.5 Å². The summed E-state index contributed by atoms with van der Waals surface area (Å²) in [6.45, 7) is 0. The maximum Gasteiger partial charge on any atom is 0.151 e. The summed E-state index contributed by atoms with van der Waals surface area (Å²) in [7, 11) is 0. The van der Waals surface area contributed by atoms with Crippen LogP contribution in [-0.2, 0) is 0 Å². The summed E-state index contributed by atoms with van der Waals surface area (Å²) in [6, 6.07) is 67.5. The van der Waals surface area contributed by atoms with Gasteiger partial charge in [-0.2, -0.15) is 0 Å². The molecule has 1 aromatic heterocycles. The van der Waals surface area contributed by atoms with Gasteiger partial charge in [-0.25, -0.2) is 0 Å². The Balaban J connectivity index is 1.27. The number of nitrogens with zero attached hydrogens (tertiary/aromatic N) is 3. The second kappa shape index (κ2) is 11.2. The van der Waals surface area contributed by atoms with E-state index in [0.29, 0.717) is 0 Å². The summed E-state index contributed by atoms with van der Waals surface area (Å²) in [5, 5.41) is 2.39. The van der Waals surface area contributed by atoms with E-state index >= 15 is 0 Å². The van der Waals surface area contributed by atoms with E-state index in [0.717, 1.165) is 56.8 Å². The third-order valence-electron chi connectivity index (χ3n) is 10.5. The maximum absolute atomic E-state index is 6.38. The molecule has 0 bridgehead atoms. The Morgan fingerprint density at radius 2 is 0.865 bits per heavy atom. The van der Waals surface area contributed by atoms with Crippen LogP contribution in [0.3, 0.4) is 0 Å². The largest absolute Gasteiger partial charge is 0.453 e. The summed E-state index contributed by atoms with van der Waals surface area (Å²) in [4.78, 5) is 4.74. The van der Waals surface area contributed by atoms with Gasteiger partial charge in [0.1, 0.15) is 0 Å². The molecule has 0 saturated carbocycles. The van der Waals surface area contributed by atoms with Gasteiger partial charge in [0.15, 0.2) is 11.5 Å². The van der Waals surface area contributed by atoms with Crippen molar-refractivity contribution in [1.82, 2.24) is 4.57 Å². The van der Waals surface area contributed by atoms with Gasteiger partial charge in [-0.1, -0.05) is 115 Å². The first-order valence-electron chi connectivity index (χ1n) is 17.7. The van der Waals surface area contributed by atoms with Gasteiger partial charge in [0, 0.05) is 33.3 Å². The van der Waals surface area contributed by atoms with Crippen molar-refractivity contribution in [2.24, 2.45) is 0 Å². The normalized spacial score (nSPS) is 12.7. The Labute approximate surface area is 301 Å². The third-order valence-corrected chi connectivity index (χ3v) is 10.5. The lowest BCUT2D eigenvalue weighted by Crippen LogP contribution is -2.15. The summed E-state index contributed by atoms with van der Waals surface area (Å²) in [5.41, 5.74) is 14.7. The molecule has 0 saturated heterocycles. The minimum atomic E-state index is 0.843. The maximum atomic E-state index is 6.38. The molecule has 2 aliphatic rings. The first-order chi connectivity index (χ1) is 25.8. The predicted octanol–water partition coefficient (Wildman–Crippen LogP) is 13.5. The number of hydrogen-bond donors (Lipinski definition) is 0. The molecule has 4 nitrogen and oxygen atoms in total. The fraction of sp³-hybridized carbons (Fsp3) is 0. The van der Waals surface area contributed by atoms with Crippen LogP contribution in [0.25, 0.3) is 49.7 Å². The summed E-state index contributed by atoms with van der Waals surface area (Å²) in [5.74, 6) is 1.69. The number of hydrogen-bond acceptors (Lipinski definition) is 3. The van der Waals surface area contributed by atoms with Gasteiger partial charge >= 0.3 is 0 Å². The minimum Gasteiger partial charge on any atom is -0.453 e. The molecule has 0 amide bonds. The molecule has 4 heteroatoms. The van der Waals surface area contributed by atoms with Gasteiger partial charge < -0.3 is 19.1 Å². The molecular formula is C48H31N3O. The van der Waals surface area contributed by atoms with E-state index in [2.05, 4.69) is 178 Å². The first-order valence-corrected chi connectivity index (χ1v) is 17.7. The number of ether oxygens (including phenoxy) is 1. The SMILES string of the molecule is c1ccc(N2c3ccccc3-c3ccccc3-c3cccc4c5cc(N6c7ccccc7Oc7ccccc76)ccc5n(c34)-c3ccccc32)cc1. The average molecular weight is 666 g/mol. The van der Waals surface area contributed by atoms with E-state index < -0.39 is 0 Å². The highest BCUT2D eigenvalue weighted by molar-refractivity contribution is 6.16. The monoisotopic (exact) mass is 665 g/mol. The number of anilines is 6. The highest BCUT2D eigenvalue weighted by Crippen LogP contribution is 2.53. The van der Waals surface area contributed by atoms with Crippen molar-refractivity contribution in [3.8, 4) is 39.4 Å². The van der Waals surface area contributed by atoms with Crippen molar-refractivity contribution in [3.05, 3.63) is 188 Å². The van der Waals surface area contributed by atoms with Crippen molar-refractivity contribution >= 4 is 55.9 Å². The molecular weight excluding hydrogens is 635 g/mol. The number of rotatable bonds is 2. The van der Waals surface area contributed by atoms with Crippen molar-refractivity contribution < 1.29 is 4.74 Å². The Morgan fingerprint density at radius 3 is 1.60 bits per heavy atom. The molecule has 2 aliphatic heterocycles. The molecule has 11 rings (SSSR count). The van der Waals surface area contributed by atoms with Crippen LogP contribution in [0.1, 0.15) is 0 Å². The van der Waals surface area contributed by atoms with Crippen molar-refractivity contribution in [2.75, 3.05) is 9.80 Å². The van der Waals surface area contributed by atoms with Gasteiger partial charge in [0.2, 0.25) is 0 Å². The smallest absolute Gasteiger partial charge is 0.151 e. The van der Waals surface area contributed by atoms with E-state index in [4.69, 9.17) is 4.74 Å². The van der Waals surface area contributed by atoms with Crippen LogP contribution in [0.15, 0.2) is 188 Å². The highest BCUT2D eigenvalue weighted by Gasteiger charge is 2.29. The Hall–Kier alpha value is -7.04. The van der Waals surface area contributed by atoms with Gasteiger partial charge in [-0.3, -0.25) is 0 Å². The Morgan fingerprint density at radius 1 is 0.327 bits per heavy atom. The van der Waals surface area contributed by atoms with Crippen LogP contribution in [-0.4, -0.2) is 4.57 Å². The zero-order valence-electron chi connectivity index (χ0n) is 28.1. The lowest BCUT2D eigenvalue weighted by atomic mass is 9.91. The number of fused-ring (bicyclic) bond motifs is 11. The Kier molecular flexibility index (Phi) is 6.22. The lowest BCUT2D eigenvalue weighted by molar-refractivity contribution is 0.477. The quantitative estimate of drug-likeness (QED) is 0.183. The fourth-order valence-corrected chi connectivity index (χ4v) is 8.32. The number of para-hydroxylation sites is 9. The van der Waals surface area contributed by atoms with Gasteiger partial charge in [-0.05, 0) is 83.9 Å². The topological polar surface area (TPSA) is 20.6 Å². The molecule has 8 aromatic carbocycles. The molecule has 0 unspecified atom stereocenters. The highest BCUT2D eigenvalue weighted by atomic mass is 16.5. The predicted molar refractivity (Wildman–Crippen MR) is 215 cm³/mol. The molecule has 0 aliphatic carbocycles. The first kappa shape index (κ1) is 28.8. The van der Waals surface area contributed by atoms with E-state index in [1.807, 2.05) is 24.3 Å². The van der Waals surface area contributed by atoms with E-state index in [-0.39, 0.29) is 0 Å². The van der Waals surface area contributed by atoms with Crippen LogP contribution in [0, 0.1) is 0 Å². The van der Waals surface area contributed by atoms with Crippen LogP contribution in [0.5, 0.6) is 11.5 Å². The molecule has 3 heterocycles. The minimum absolute atomic E-state index is 0.843. The van der Waals surface area contributed by atoms with Crippen LogP contribution in [0.2, 0.25) is 0 Å². The summed E-state index contributed by atoms with van der Waals surface area (Å²) >= 11 is 0. The standard InChI is InChI=1S/C48H31N3O/c1-2-15-32(16-3-1)49-40-22-7-6-19-36(40)34-17-4-5-18-35(34)37-20-14-21-38-39-31-33(29-30-41(39)51(48(37)38)43-24-9-8-23-42(43)49)50-44-25-10-12-27-46(44)52-47-28-13-11-26-45(47)50/h1-31H. The molecule has 0 fully saturated rings. The van der Waals surface area contributed by atoms with Crippen molar-refractivity contribution in [2.45, 2.75) is 0 Å². The molecule has 0 N–H and O–H groups in total. The van der Waals surface area contributed by atoms with Gasteiger partial charge in [0.25, 0.3) is 0 Å².